The first-order valence-corrected chi connectivity index (χ1v) is 7.98. The summed E-state index contributed by atoms with van der Waals surface area (Å²) in [4.78, 5) is 12.0. The summed E-state index contributed by atoms with van der Waals surface area (Å²) < 4.78 is 56.5. The van der Waals surface area contributed by atoms with E-state index in [2.05, 4.69) is 20.3 Å². The summed E-state index contributed by atoms with van der Waals surface area (Å²) in [6.07, 6.45) is 1.72. The van der Waals surface area contributed by atoms with Crippen LogP contribution >= 0.6 is 0 Å². The Morgan fingerprint density at radius 2 is 1.63 bits per heavy atom. The Bertz CT molecular complexity index is 1100. The maximum absolute atomic E-state index is 14.9. The molecule has 0 aliphatic carbocycles. The van der Waals surface area contributed by atoms with E-state index in [0.717, 1.165) is 36.0 Å². The van der Waals surface area contributed by atoms with Gasteiger partial charge in [0.2, 0.25) is 5.82 Å². The SMILES string of the molecule is CC1=CC(=Nc2nc(C(F)(F)c3ccc(F)cc3)nc3cc(F)ccc23)N1. The highest BCUT2D eigenvalue weighted by Crippen LogP contribution is 2.36. The minimum atomic E-state index is -3.61. The van der Waals surface area contributed by atoms with Crippen molar-refractivity contribution < 1.29 is 17.6 Å². The normalized spacial score (nSPS) is 15.4. The number of hydrogen-bond acceptors (Lipinski definition) is 3. The first kappa shape index (κ1) is 17.1. The van der Waals surface area contributed by atoms with Gasteiger partial charge in [-0.1, -0.05) is 0 Å². The molecule has 2 aromatic carbocycles. The van der Waals surface area contributed by atoms with E-state index in [1.54, 1.807) is 6.08 Å². The van der Waals surface area contributed by atoms with Crippen LogP contribution in [-0.4, -0.2) is 15.8 Å². The fraction of sp³-hybridized carbons (Fsp3) is 0.105. The van der Waals surface area contributed by atoms with E-state index in [1.807, 2.05) is 6.92 Å². The minimum Gasteiger partial charge on any atom is -0.344 e. The van der Waals surface area contributed by atoms with Crippen LogP contribution in [0.4, 0.5) is 23.4 Å². The number of fused-ring (bicyclic) bond motifs is 1. The van der Waals surface area contributed by atoms with Gasteiger partial charge in [0, 0.05) is 22.7 Å². The van der Waals surface area contributed by atoms with Crippen molar-refractivity contribution in [2.75, 3.05) is 0 Å². The van der Waals surface area contributed by atoms with E-state index in [1.165, 1.54) is 12.1 Å². The molecule has 4 rings (SSSR count). The standard InChI is InChI=1S/C19H12F4N4/c1-10-8-16(24-10)26-17-14-7-6-13(21)9-15(14)25-18(27-17)19(22,23)11-2-4-12(20)5-3-11/h2-9H,1H3,(H,24,25,26,27). The van der Waals surface area contributed by atoms with Crippen LogP contribution in [0.15, 0.2) is 59.2 Å². The molecule has 0 amide bonds. The number of halogens is 4. The molecule has 0 saturated carbocycles. The number of nitrogens with one attached hydrogen (secondary N) is 1. The second kappa shape index (κ2) is 6.15. The van der Waals surface area contributed by atoms with Crippen LogP contribution in [-0.2, 0) is 5.92 Å². The Morgan fingerprint density at radius 1 is 0.963 bits per heavy atom. The number of aromatic nitrogens is 2. The number of rotatable bonds is 3. The van der Waals surface area contributed by atoms with Gasteiger partial charge in [-0.05, 0) is 49.4 Å². The average Bonchev–Trinajstić information content (AvgIpc) is 2.60. The fourth-order valence-electron chi connectivity index (χ4n) is 2.68. The Morgan fingerprint density at radius 3 is 2.30 bits per heavy atom. The first-order chi connectivity index (χ1) is 12.8. The molecule has 136 valence electrons. The van der Waals surface area contributed by atoms with Crippen molar-refractivity contribution in [3.63, 3.8) is 0 Å². The van der Waals surface area contributed by atoms with Crippen LogP contribution < -0.4 is 5.32 Å². The number of amidine groups is 1. The summed E-state index contributed by atoms with van der Waals surface area (Å²) >= 11 is 0. The number of alkyl halides is 2. The number of aliphatic imine (C=N–C) groups is 1. The summed E-state index contributed by atoms with van der Waals surface area (Å²) in [5, 5.41) is 3.25. The molecule has 1 aromatic heterocycles. The number of nitrogens with zero attached hydrogens (tertiary/aromatic N) is 3. The van der Waals surface area contributed by atoms with Crippen LogP contribution in [0.5, 0.6) is 0 Å². The van der Waals surface area contributed by atoms with Gasteiger partial charge in [0.1, 0.15) is 17.5 Å². The van der Waals surface area contributed by atoms with Gasteiger partial charge in [0.15, 0.2) is 5.82 Å². The molecule has 1 aliphatic rings. The third-order valence-corrected chi connectivity index (χ3v) is 4.03. The smallest absolute Gasteiger partial charge is 0.331 e. The Balaban J connectivity index is 1.90. The highest BCUT2D eigenvalue weighted by Gasteiger charge is 2.38. The molecule has 0 fully saturated rings. The highest BCUT2D eigenvalue weighted by molar-refractivity contribution is 6.03. The van der Waals surface area contributed by atoms with Crippen molar-refractivity contribution in [3.8, 4) is 0 Å². The predicted molar refractivity (Wildman–Crippen MR) is 92.9 cm³/mol. The first-order valence-electron chi connectivity index (χ1n) is 7.98. The van der Waals surface area contributed by atoms with E-state index in [-0.39, 0.29) is 11.3 Å². The van der Waals surface area contributed by atoms with E-state index < -0.39 is 28.9 Å². The van der Waals surface area contributed by atoms with Crippen LogP contribution in [0, 0.1) is 11.6 Å². The molecule has 0 bridgehead atoms. The van der Waals surface area contributed by atoms with Gasteiger partial charge in [0.05, 0.1) is 5.52 Å². The van der Waals surface area contributed by atoms with Crippen molar-refractivity contribution in [2.24, 2.45) is 4.99 Å². The molecule has 0 spiro atoms. The van der Waals surface area contributed by atoms with Gasteiger partial charge in [-0.2, -0.15) is 8.78 Å². The summed E-state index contributed by atoms with van der Waals surface area (Å²) in [5.74, 6) is -5.26. The van der Waals surface area contributed by atoms with Crippen LogP contribution in [0.1, 0.15) is 18.3 Å². The third kappa shape index (κ3) is 3.14. The van der Waals surface area contributed by atoms with Crippen molar-refractivity contribution >= 4 is 22.6 Å². The van der Waals surface area contributed by atoms with E-state index in [4.69, 9.17) is 0 Å². The minimum absolute atomic E-state index is 0.00108. The van der Waals surface area contributed by atoms with E-state index in [0.29, 0.717) is 11.2 Å². The molecule has 3 aromatic rings. The van der Waals surface area contributed by atoms with Crippen molar-refractivity contribution in [1.82, 2.24) is 15.3 Å². The molecule has 27 heavy (non-hydrogen) atoms. The van der Waals surface area contributed by atoms with E-state index >= 15 is 0 Å². The van der Waals surface area contributed by atoms with Crippen molar-refractivity contribution in [2.45, 2.75) is 12.8 Å². The summed E-state index contributed by atoms with van der Waals surface area (Å²) in [5.41, 5.74) is 0.395. The Hall–Kier alpha value is -3.29. The Labute approximate surface area is 151 Å². The molecule has 0 saturated heterocycles. The van der Waals surface area contributed by atoms with Gasteiger partial charge in [-0.15, -0.1) is 0 Å². The second-order valence-electron chi connectivity index (χ2n) is 6.06. The lowest BCUT2D eigenvalue weighted by atomic mass is 10.1. The monoisotopic (exact) mass is 372 g/mol. The largest absolute Gasteiger partial charge is 0.344 e. The summed E-state index contributed by atoms with van der Waals surface area (Å²) in [6.45, 7) is 1.82. The maximum Gasteiger partial charge on any atom is 0.331 e. The lowest BCUT2D eigenvalue weighted by Gasteiger charge is -2.18. The Kier molecular flexibility index (Phi) is 3.91. The molecule has 0 atom stereocenters. The zero-order chi connectivity index (χ0) is 19.2. The number of allylic oxidation sites excluding steroid dienone is 1. The molecule has 0 radical (unpaired) electrons. The fourth-order valence-corrected chi connectivity index (χ4v) is 2.68. The van der Waals surface area contributed by atoms with Crippen LogP contribution in [0.2, 0.25) is 0 Å². The molecular weight excluding hydrogens is 360 g/mol. The molecule has 1 N–H and O–H groups in total. The zero-order valence-electron chi connectivity index (χ0n) is 14.0. The lowest BCUT2D eigenvalue weighted by Crippen LogP contribution is -2.29. The van der Waals surface area contributed by atoms with Crippen LogP contribution in [0.3, 0.4) is 0 Å². The van der Waals surface area contributed by atoms with E-state index in [9.17, 15) is 17.6 Å². The van der Waals surface area contributed by atoms with Gasteiger partial charge >= 0.3 is 5.92 Å². The zero-order valence-corrected chi connectivity index (χ0v) is 14.0. The predicted octanol–water partition coefficient (Wildman–Crippen LogP) is 4.59. The molecule has 8 heteroatoms. The van der Waals surface area contributed by atoms with Gasteiger partial charge in [0.25, 0.3) is 0 Å². The van der Waals surface area contributed by atoms with Crippen LogP contribution in [0.25, 0.3) is 10.9 Å². The molecule has 0 unspecified atom stereocenters. The molecule has 4 nitrogen and oxygen atoms in total. The quantitative estimate of drug-likeness (QED) is 0.685. The molecular formula is C19H12F4N4. The average molecular weight is 372 g/mol. The number of hydrogen-bond donors (Lipinski definition) is 1. The van der Waals surface area contributed by atoms with Gasteiger partial charge < -0.3 is 5.32 Å². The topological polar surface area (TPSA) is 50.2 Å². The maximum atomic E-state index is 14.9. The molecule has 2 heterocycles. The summed E-state index contributed by atoms with van der Waals surface area (Å²) in [7, 11) is 0. The highest BCUT2D eigenvalue weighted by atomic mass is 19.3. The third-order valence-electron chi connectivity index (χ3n) is 4.03. The lowest BCUT2D eigenvalue weighted by molar-refractivity contribution is 0.0332. The van der Waals surface area contributed by atoms with Gasteiger partial charge in [-0.25, -0.2) is 23.7 Å². The van der Waals surface area contributed by atoms with Crippen molar-refractivity contribution in [1.29, 1.82) is 0 Å². The molecule has 1 aliphatic heterocycles. The summed E-state index contributed by atoms with van der Waals surface area (Å²) in [6, 6.07) is 7.38. The number of benzene rings is 2. The van der Waals surface area contributed by atoms with Crippen molar-refractivity contribution in [3.05, 3.63) is 77.3 Å². The second-order valence-corrected chi connectivity index (χ2v) is 6.06. The van der Waals surface area contributed by atoms with Gasteiger partial charge in [-0.3, -0.25) is 0 Å².